The van der Waals surface area contributed by atoms with Crippen molar-refractivity contribution in [3.63, 3.8) is 0 Å². The Bertz CT molecular complexity index is 2870. The van der Waals surface area contributed by atoms with Gasteiger partial charge in [0.15, 0.2) is 0 Å². The molecule has 0 fully saturated rings. The van der Waals surface area contributed by atoms with E-state index in [1.54, 1.807) is 0 Å². The third-order valence-electron chi connectivity index (χ3n) is 11.6. The number of aryl methyl sites for hydroxylation is 4. The SMILES string of the molecule is C[C@@H](N)c1nc2ccccc2[nH]1.Cc1ccc(P(c2ccc(C)cc2)c2ccc3ccccc3c2-c2c(P(c3ccc(C)cc3)c3ccc(C)cc3)ccc3ccccc23)cc1.[Cl][Ru][Cl]. The van der Waals surface area contributed by atoms with Crippen LogP contribution < -0.4 is 37.6 Å². The fourth-order valence-corrected chi connectivity index (χ4v) is 13.1. The van der Waals surface area contributed by atoms with Crippen LogP contribution in [-0.4, -0.2) is 9.97 Å². The van der Waals surface area contributed by atoms with E-state index < -0.39 is 15.8 Å². The second-order valence-corrected chi connectivity index (χ2v) is 23.4. The molecule has 8 heteroatoms. The summed E-state index contributed by atoms with van der Waals surface area (Å²) in [6.45, 7) is 10.6. The van der Waals surface area contributed by atoms with Crippen molar-refractivity contribution in [1.82, 2.24) is 9.97 Å². The van der Waals surface area contributed by atoms with Gasteiger partial charge in [0.2, 0.25) is 0 Å². The van der Waals surface area contributed by atoms with Gasteiger partial charge in [-0.25, -0.2) is 4.98 Å². The first kappa shape index (κ1) is 46.5. The number of imidazole rings is 1. The number of nitrogens with zero attached hydrogens (tertiary/aromatic N) is 1. The molecule has 0 spiro atoms. The van der Waals surface area contributed by atoms with Crippen LogP contribution in [-0.2, 0) is 15.1 Å². The van der Waals surface area contributed by atoms with Gasteiger partial charge in [-0.1, -0.05) is 204 Å². The molecule has 3 nitrogen and oxygen atoms in total. The summed E-state index contributed by atoms with van der Waals surface area (Å²) in [5, 5.41) is 13.4. The number of hydrogen-bond acceptors (Lipinski definition) is 2. The number of aromatic amines is 1. The summed E-state index contributed by atoms with van der Waals surface area (Å²) in [4.78, 5) is 7.49. The third-order valence-corrected chi connectivity index (χ3v) is 16.5. The molecule has 1 aromatic heterocycles. The Hall–Kier alpha value is -5.01. The first-order valence-electron chi connectivity index (χ1n) is 21.6. The van der Waals surface area contributed by atoms with E-state index in [4.69, 9.17) is 25.1 Å². The number of hydrogen-bond donors (Lipinski definition) is 2. The average molecular weight is 1010 g/mol. The fraction of sp³-hybridized carbons (Fsp3) is 0.105. The van der Waals surface area contributed by atoms with Gasteiger partial charge < -0.3 is 10.7 Å². The number of H-pyrrole nitrogens is 1. The minimum absolute atomic E-state index is 0.0302. The number of nitrogens with two attached hydrogens (primary N) is 1. The van der Waals surface area contributed by atoms with Crippen LogP contribution in [0.3, 0.4) is 0 Å². The van der Waals surface area contributed by atoms with Crippen molar-refractivity contribution in [3.05, 3.63) is 222 Å². The molecule has 0 radical (unpaired) electrons. The number of rotatable bonds is 8. The molecule has 0 unspecified atom stereocenters. The van der Waals surface area contributed by atoms with Crippen molar-refractivity contribution in [2.75, 3.05) is 0 Å². The van der Waals surface area contributed by atoms with E-state index in [2.05, 4.69) is 208 Å². The van der Waals surface area contributed by atoms with Gasteiger partial charge in [0, 0.05) is 0 Å². The van der Waals surface area contributed by atoms with Gasteiger partial charge >= 0.3 is 34.5 Å². The van der Waals surface area contributed by atoms with Crippen molar-refractivity contribution in [3.8, 4) is 11.1 Å². The number of para-hydroxylation sites is 2. The van der Waals surface area contributed by atoms with Gasteiger partial charge in [0.1, 0.15) is 5.82 Å². The summed E-state index contributed by atoms with van der Waals surface area (Å²) in [5.41, 5.74) is 15.5. The summed E-state index contributed by atoms with van der Waals surface area (Å²) >= 11 is -0.346. The number of aromatic nitrogens is 2. The van der Waals surface area contributed by atoms with Crippen LogP contribution >= 0.6 is 35.2 Å². The molecule has 0 aliphatic heterocycles. The van der Waals surface area contributed by atoms with Crippen LogP contribution in [0.5, 0.6) is 0 Å². The third kappa shape index (κ3) is 10.7. The quantitative estimate of drug-likeness (QED) is 0.118. The van der Waals surface area contributed by atoms with Crippen LogP contribution in [0.25, 0.3) is 43.7 Å². The van der Waals surface area contributed by atoms with E-state index in [0.717, 1.165) is 16.9 Å². The predicted molar refractivity (Wildman–Crippen MR) is 284 cm³/mol. The Kier molecular flexibility index (Phi) is 15.4. The summed E-state index contributed by atoms with van der Waals surface area (Å²) < 4.78 is 0. The second-order valence-electron chi connectivity index (χ2n) is 16.4. The molecule has 0 saturated carbocycles. The summed E-state index contributed by atoms with van der Waals surface area (Å²) in [7, 11) is 7.94. The molecule has 0 amide bonds. The Labute approximate surface area is 401 Å². The van der Waals surface area contributed by atoms with Gasteiger partial charge in [-0.2, -0.15) is 0 Å². The van der Waals surface area contributed by atoms with Crippen molar-refractivity contribution in [1.29, 1.82) is 0 Å². The molecule has 1 atom stereocenters. The summed E-state index contributed by atoms with van der Waals surface area (Å²) in [6, 6.07) is 72.5. The van der Waals surface area contributed by atoms with Gasteiger partial charge in [-0.3, -0.25) is 0 Å². The maximum atomic E-state index is 5.68. The molecule has 10 rings (SSSR count). The first-order valence-corrected chi connectivity index (χ1v) is 28.8. The van der Waals surface area contributed by atoms with E-state index in [1.165, 1.54) is 86.8 Å². The topological polar surface area (TPSA) is 54.7 Å². The van der Waals surface area contributed by atoms with Crippen LogP contribution in [0.1, 0.15) is 41.0 Å². The van der Waals surface area contributed by atoms with Crippen molar-refractivity contribution in [2.24, 2.45) is 5.73 Å². The standard InChI is InChI=1S/C48H40P2.C9H11N3.2ClH.Ru/c1-33-13-23-39(24-14-33)49(40-25-15-34(2)16-26-40)45-31-21-37-9-5-7-11-43(37)47(45)48-44-12-8-6-10-38(44)22-32-46(48)50(41-27-17-35(3)18-28-41)42-29-19-36(4)20-30-42;1-6(10)9-11-7-4-2-3-5-8(7)12-9;;;/h5-32H,1-4H3;2-6H,10H2,1H3,(H,11,12);2*1H;/q;;;;+2/p-2/t;6-;;;/m.1.../s1. The molecule has 0 aliphatic rings. The van der Waals surface area contributed by atoms with Gasteiger partial charge in [0.05, 0.1) is 17.1 Å². The number of fused-ring (bicyclic) bond motifs is 3. The van der Waals surface area contributed by atoms with Gasteiger partial charge in [0.25, 0.3) is 0 Å². The van der Waals surface area contributed by atoms with E-state index in [9.17, 15) is 0 Å². The van der Waals surface area contributed by atoms with Crippen molar-refractivity contribution >= 4 is 99.6 Å². The molecule has 10 aromatic rings. The minimum atomic E-state index is -0.885. The Morgan fingerprint density at radius 1 is 0.462 bits per heavy atom. The molecule has 0 aliphatic carbocycles. The second kappa shape index (κ2) is 21.5. The van der Waals surface area contributed by atoms with Crippen LogP contribution in [0.4, 0.5) is 0 Å². The zero-order chi connectivity index (χ0) is 45.5. The van der Waals surface area contributed by atoms with E-state index >= 15 is 0 Å². The maximum absolute atomic E-state index is 5.68. The predicted octanol–water partition coefficient (Wildman–Crippen LogP) is 13.4. The molecular formula is C57H51Cl2N3P2Ru. The van der Waals surface area contributed by atoms with Gasteiger partial charge in [-0.05, 0) is 127 Å². The van der Waals surface area contributed by atoms with Gasteiger partial charge in [-0.15, -0.1) is 0 Å². The Morgan fingerprint density at radius 3 is 1.15 bits per heavy atom. The average Bonchev–Trinajstić information content (AvgIpc) is 3.77. The van der Waals surface area contributed by atoms with E-state index in [1.807, 2.05) is 31.2 Å². The monoisotopic (exact) mass is 1010 g/mol. The molecule has 326 valence electrons. The fourth-order valence-electron chi connectivity index (χ4n) is 8.24. The molecule has 0 saturated heterocycles. The molecule has 1 heterocycles. The molecule has 3 N–H and O–H groups in total. The Balaban J connectivity index is 0.000000326. The summed E-state index contributed by atoms with van der Waals surface area (Å²) in [6.07, 6.45) is 0. The first-order chi connectivity index (χ1) is 31.6. The summed E-state index contributed by atoms with van der Waals surface area (Å²) in [5.74, 6) is 0.844. The van der Waals surface area contributed by atoms with E-state index in [-0.39, 0.29) is 21.2 Å². The van der Waals surface area contributed by atoms with Crippen molar-refractivity contribution < 1.29 is 15.1 Å². The number of benzene rings is 9. The normalized spacial score (nSPS) is 11.7. The van der Waals surface area contributed by atoms with E-state index in [0.29, 0.717) is 0 Å². The van der Waals surface area contributed by atoms with Crippen LogP contribution in [0.2, 0.25) is 0 Å². The molecular weight excluding hydrogens is 961 g/mol. The zero-order valence-corrected chi connectivity index (χ0v) is 42.1. The zero-order valence-electron chi connectivity index (χ0n) is 37.1. The molecule has 9 aromatic carbocycles. The molecule has 0 bridgehead atoms. The molecule has 65 heavy (non-hydrogen) atoms. The Morgan fingerprint density at radius 2 is 0.800 bits per heavy atom. The van der Waals surface area contributed by atoms with Crippen LogP contribution in [0, 0.1) is 27.7 Å². The number of halogens is 2. The van der Waals surface area contributed by atoms with Crippen molar-refractivity contribution in [2.45, 2.75) is 40.7 Å². The number of nitrogens with one attached hydrogen (secondary N) is 1. The van der Waals surface area contributed by atoms with Crippen LogP contribution in [0.15, 0.2) is 194 Å².